The maximum absolute atomic E-state index is 6.04. The Labute approximate surface area is 128 Å². The average Bonchev–Trinajstić information content (AvgIpc) is 2.51. The Bertz CT molecular complexity index is 437. The smallest absolute Gasteiger partial charge is 0.127 e. The maximum Gasteiger partial charge on any atom is 0.127 e. The Morgan fingerprint density at radius 3 is 2.90 bits per heavy atom. The van der Waals surface area contributed by atoms with Crippen molar-refractivity contribution in [3.63, 3.8) is 0 Å². The van der Waals surface area contributed by atoms with Crippen LogP contribution in [0.15, 0.2) is 18.2 Å². The molecular formula is C17H28N2O2. The third-order valence-corrected chi connectivity index (χ3v) is 4.27. The van der Waals surface area contributed by atoms with E-state index >= 15 is 0 Å². The van der Waals surface area contributed by atoms with E-state index in [0.29, 0.717) is 6.04 Å². The Hall–Kier alpha value is -1.26. The minimum Gasteiger partial charge on any atom is -0.497 e. The first-order valence-corrected chi connectivity index (χ1v) is 7.89. The van der Waals surface area contributed by atoms with Crippen molar-refractivity contribution < 1.29 is 9.47 Å². The Morgan fingerprint density at radius 2 is 2.19 bits per heavy atom. The number of hydrogen-bond acceptors (Lipinski definition) is 4. The molecule has 0 aliphatic carbocycles. The zero-order valence-electron chi connectivity index (χ0n) is 13.5. The zero-order chi connectivity index (χ0) is 15.1. The predicted molar refractivity (Wildman–Crippen MR) is 86.1 cm³/mol. The molecule has 21 heavy (non-hydrogen) atoms. The van der Waals surface area contributed by atoms with Gasteiger partial charge in [-0.25, -0.2) is 0 Å². The van der Waals surface area contributed by atoms with E-state index in [1.165, 1.54) is 31.4 Å². The van der Waals surface area contributed by atoms with Gasteiger partial charge in [0.25, 0.3) is 0 Å². The predicted octanol–water partition coefficient (Wildman–Crippen LogP) is 2.67. The van der Waals surface area contributed by atoms with E-state index in [1.54, 1.807) is 7.11 Å². The van der Waals surface area contributed by atoms with Crippen LogP contribution in [-0.4, -0.2) is 45.3 Å². The normalized spacial score (nSPS) is 19.5. The summed E-state index contributed by atoms with van der Waals surface area (Å²) in [4.78, 5) is 2.47. The Kier molecular flexibility index (Phi) is 6.33. The van der Waals surface area contributed by atoms with Gasteiger partial charge in [0, 0.05) is 24.2 Å². The summed E-state index contributed by atoms with van der Waals surface area (Å²) in [6.07, 6.45) is 5.06. The van der Waals surface area contributed by atoms with E-state index in [9.17, 15) is 0 Å². The summed E-state index contributed by atoms with van der Waals surface area (Å²) in [6.45, 7) is 2.79. The molecule has 1 fully saturated rings. The first-order chi connectivity index (χ1) is 10.2. The number of nitrogens with zero attached hydrogens (tertiary/aromatic N) is 1. The molecule has 1 heterocycles. The van der Waals surface area contributed by atoms with Crippen LogP contribution in [0.4, 0.5) is 0 Å². The number of likely N-dealkylation sites (tertiary alicyclic amines) is 1. The molecule has 4 heteroatoms. The average molecular weight is 292 g/mol. The first-order valence-electron chi connectivity index (χ1n) is 7.89. The summed E-state index contributed by atoms with van der Waals surface area (Å²) in [7, 11) is 5.86. The minimum atomic E-state index is 0.664. The molecule has 1 aromatic carbocycles. The number of piperidine rings is 1. The highest BCUT2D eigenvalue weighted by Crippen LogP contribution is 2.25. The standard InChI is InChI=1S/C17H28N2O2/c1-18-13-14-7-8-16(20-3)12-17(14)21-11-9-15-6-4-5-10-19(15)2/h7-8,12,15,18H,4-6,9-11,13H2,1-3H3. The van der Waals surface area contributed by atoms with Gasteiger partial charge in [-0.15, -0.1) is 0 Å². The zero-order valence-corrected chi connectivity index (χ0v) is 13.5. The van der Waals surface area contributed by atoms with Crippen LogP contribution in [-0.2, 0) is 6.54 Å². The maximum atomic E-state index is 6.04. The van der Waals surface area contributed by atoms with Crippen molar-refractivity contribution in [3.05, 3.63) is 23.8 Å². The van der Waals surface area contributed by atoms with E-state index in [0.717, 1.165) is 31.1 Å². The number of nitrogens with one attached hydrogen (secondary N) is 1. The monoisotopic (exact) mass is 292 g/mol. The van der Waals surface area contributed by atoms with Crippen LogP contribution in [0.1, 0.15) is 31.2 Å². The molecule has 1 aliphatic heterocycles. The lowest BCUT2D eigenvalue weighted by Crippen LogP contribution is -2.37. The van der Waals surface area contributed by atoms with Gasteiger partial charge in [-0.05, 0) is 46.0 Å². The molecule has 118 valence electrons. The fourth-order valence-corrected chi connectivity index (χ4v) is 2.95. The van der Waals surface area contributed by atoms with Gasteiger partial charge in [-0.2, -0.15) is 0 Å². The lowest BCUT2D eigenvalue weighted by molar-refractivity contribution is 0.152. The van der Waals surface area contributed by atoms with Crippen LogP contribution in [0.3, 0.4) is 0 Å². The molecule has 1 aromatic rings. The van der Waals surface area contributed by atoms with Gasteiger partial charge in [0.05, 0.1) is 13.7 Å². The van der Waals surface area contributed by atoms with Gasteiger partial charge in [0.15, 0.2) is 0 Å². The third kappa shape index (κ3) is 4.61. The number of methoxy groups -OCH3 is 1. The van der Waals surface area contributed by atoms with Crippen LogP contribution in [0.2, 0.25) is 0 Å². The molecule has 1 atom stereocenters. The van der Waals surface area contributed by atoms with Crippen molar-refractivity contribution in [3.8, 4) is 11.5 Å². The van der Waals surface area contributed by atoms with E-state index < -0.39 is 0 Å². The van der Waals surface area contributed by atoms with Gasteiger partial charge < -0.3 is 19.7 Å². The van der Waals surface area contributed by atoms with Crippen molar-refractivity contribution in [2.24, 2.45) is 0 Å². The number of hydrogen-bond donors (Lipinski definition) is 1. The van der Waals surface area contributed by atoms with Crippen LogP contribution in [0, 0.1) is 0 Å². The summed E-state index contributed by atoms with van der Waals surface area (Å²) in [5.74, 6) is 1.78. The molecular weight excluding hydrogens is 264 g/mol. The minimum absolute atomic E-state index is 0.664. The topological polar surface area (TPSA) is 33.7 Å². The van der Waals surface area contributed by atoms with Gasteiger partial charge in [0.1, 0.15) is 11.5 Å². The molecule has 0 saturated carbocycles. The highest BCUT2D eigenvalue weighted by molar-refractivity contribution is 5.40. The molecule has 4 nitrogen and oxygen atoms in total. The summed E-state index contributed by atoms with van der Waals surface area (Å²) in [6, 6.07) is 6.69. The van der Waals surface area contributed by atoms with Crippen LogP contribution >= 0.6 is 0 Å². The Morgan fingerprint density at radius 1 is 1.33 bits per heavy atom. The fraction of sp³-hybridized carbons (Fsp3) is 0.647. The fourth-order valence-electron chi connectivity index (χ4n) is 2.95. The van der Waals surface area contributed by atoms with Gasteiger partial charge >= 0.3 is 0 Å². The second-order valence-corrected chi connectivity index (χ2v) is 5.77. The van der Waals surface area contributed by atoms with Gasteiger partial charge in [-0.1, -0.05) is 12.5 Å². The molecule has 0 bridgehead atoms. The summed E-state index contributed by atoms with van der Waals surface area (Å²) in [5, 5.41) is 3.18. The molecule has 2 rings (SSSR count). The van der Waals surface area contributed by atoms with Crippen molar-refractivity contribution in [2.45, 2.75) is 38.3 Å². The number of ether oxygens (including phenoxy) is 2. The van der Waals surface area contributed by atoms with Crippen molar-refractivity contribution in [2.75, 3.05) is 34.4 Å². The molecule has 0 amide bonds. The molecule has 1 N–H and O–H groups in total. The highest BCUT2D eigenvalue weighted by Gasteiger charge is 2.18. The highest BCUT2D eigenvalue weighted by atomic mass is 16.5. The molecule has 0 aromatic heterocycles. The van der Waals surface area contributed by atoms with Crippen molar-refractivity contribution in [1.29, 1.82) is 0 Å². The summed E-state index contributed by atoms with van der Waals surface area (Å²) < 4.78 is 11.3. The third-order valence-electron chi connectivity index (χ3n) is 4.27. The van der Waals surface area contributed by atoms with E-state index in [2.05, 4.69) is 23.3 Å². The van der Waals surface area contributed by atoms with Crippen LogP contribution < -0.4 is 14.8 Å². The molecule has 1 unspecified atom stereocenters. The van der Waals surface area contributed by atoms with Crippen LogP contribution in [0.5, 0.6) is 11.5 Å². The van der Waals surface area contributed by atoms with Crippen molar-refractivity contribution >= 4 is 0 Å². The Balaban J connectivity index is 1.91. The van der Waals surface area contributed by atoms with E-state index in [-0.39, 0.29) is 0 Å². The summed E-state index contributed by atoms with van der Waals surface area (Å²) >= 11 is 0. The lowest BCUT2D eigenvalue weighted by atomic mass is 10.0. The first kappa shape index (κ1) is 16.1. The number of rotatable bonds is 7. The van der Waals surface area contributed by atoms with E-state index in [4.69, 9.17) is 9.47 Å². The summed E-state index contributed by atoms with van der Waals surface area (Å²) in [5.41, 5.74) is 1.18. The molecule has 0 spiro atoms. The number of benzene rings is 1. The SMILES string of the molecule is CNCc1ccc(OC)cc1OCCC1CCCCN1C. The van der Waals surface area contributed by atoms with Gasteiger partial charge in [0.2, 0.25) is 0 Å². The van der Waals surface area contributed by atoms with Crippen molar-refractivity contribution in [1.82, 2.24) is 10.2 Å². The molecule has 1 saturated heterocycles. The van der Waals surface area contributed by atoms with Gasteiger partial charge in [-0.3, -0.25) is 0 Å². The second kappa shape index (κ2) is 8.25. The van der Waals surface area contributed by atoms with E-state index in [1.807, 2.05) is 19.2 Å². The molecule has 1 aliphatic rings. The quantitative estimate of drug-likeness (QED) is 0.838. The lowest BCUT2D eigenvalue weighted by Gasteiger charge is -2.32. The molecule has 0 radical (unpaired) electrons. The largest absolute Gasteiger partial charge is 0.497 e. The van der Waals surface area contributed by atoms with Crippen LogP contribution in [0.25, 0.3) is 0 Å². The second-order valence-electron chi connectivity index (χ2n) is 5.77.